The van der Waals surface area contributed by atoms with E-state index in [2.05, 4.69) is 4.72 Å². The van der Waals surface area contributed by atoms with Crippen molar-refractivity contribution in [2.75, 3.05) is 0 Å². The van der Waals surface area contributed by atoms with Gasteiger partial charge in [0.15, 0.2) is 0 Å². The Bertz CT molecular complexity index is 1040. The Morgan fingerprint density at radius 1 is 0.667 bits per heavy atom. The molecule has 0 bridgehead atoms. The van der Waals surface area contributed by atoms with Crippen LogP contribution in [0, 0.1) is 0 Å². The molecule has 0 spiro atoms. The van der Waals surface area contributed by atoms with Crippen LogP contribution in [0.1, 0.15) is 10.4 Å². The van der Waals surface area contributed by atoms with Crippen LogP contribution in [0.5, 0.6) is 0 Å². The molecule has 0 atom stereocenters. The first-order valence-electron chi connectivity index (χ1n) is 7.43. The van der Waals surface area contributed by atoms with Crippen molar-refractivity contribution in [1.82, 2.24) is 4.72 Å². The van der Waals surface area contributed by atoms with Gasteiger partial charge in [0.05, 0.1) is 5.56 Å². The van der Waals surface area contributed by atoms with Gasteiger partial charge < -0.3 is 0 Å². The molecule has 1 aliphatic heterocycles. The minimum atomic E-state index is -3.86. The average Bonchev–Trinajstić information content (AvgIpc) is 2.85. The zero-order chi connectivity index (χ0) is 16.7. The molecule has 1 N–H and O–H groups in total. The number of amides is 1. The predicted octanol–water partition coefficient (Wildman–Crippen LogP) is 3.45. The minimum Gasteiger partial charge on any atom is -0.268 e. The normalized spacial score (nSPS) is 14.9. The second kappa shape index (κ2) is 5.32. The van der Waals surface area contributed by atoms with Crippen molar-refractivity contribution in [3.63, 3.8) is 0 Å². The largest absolute Gasteiger partial charge is 0.268 e. The third kappa shape index (κ3) is 2.21. The lowest BCUT2D eigenvalue weighted by Gasteiger charge is -2.11. The standard InChI is InChI=1S/C19H13NO3S/c21-19-17-15(13-7-3-1-4-8-13)11-12-16(14-9-5-2-6-10-14)18(17)24(22,23)20-19/h1-12H,(H,20,21). The van der Waals surface area contributed by atoms with E-state index in [-0.39, 0.29) is 10.5 Å². The second-order valence-electron chi connectivity index (χ2n) is 5.53. The smallest absolute Gasteiger partial charge is 0.267 e. The number of carbonyl (C=O) groups excluding carboxylic acids is 1. The predicted molar refractivity (Wildman–Crippen MR) is 92.0 cm³/mol. The van der Waals surface area contributed by atoms with Gasteiger partial charge in [0.25, 0.3) is 15.9 Å². The molecule has 0 aliphatic carbocycles. The van der Waals surface area contributed by atoms with E-state index in [1.807, 2.05) is 60.7 Å². The van der Waals surface area contributed by atoms with E-state index >= 15 is 0 Å². The first-order chi connectivity index (χ1) is 11.6. The molecule has 1 heterocycles. The number of nitrogens with one attached hydrogen (secondary N) is 1. The highest BCUT2D eigenvalue weighted by atomic mass is 32.2. The molecule has 4 rings (SSSR count). The van der Waals surface area contributed by atoms with Crippen LogP contribution in [-0.2, 0) is 10.0 Å². The zero-order valence-corrected chi connectivity index (χ0v) is 13.4. The minimum absolute atomic E-state index is 0.0556. The van der Waals surface area contributed by atoms with E-state index in [1.54, 1.807) is 12.1 Å². The summed E-state index contributed by atoms with van der Waals surface area (Å²) in [5, 5.41) is 0. The van der Waals surface area contributed by atoms with E-state index in [0.717, 1.165) is 11.1 Å². The Morgan fingerprint density at radius 3 is 1.75 bits per heavy atom. The van der Waals surface area contributed by atoms with Gasteiger partial charge in [0.2, 0.25) is 0 Å². The van der Waals surface area contributed by atoms with Gasteiger partial charge in [-0.25, -0.2) is 13.1 Å². The Labute approximate surface area is 139 Å². The van der Waals surface area contributed by atoms with Crippen molar-refractivity contribution in [1.29, 1.82) is 0 Å². The first-order valence-corrected chi connectivity index (χ1v) is 8.91. The van der Waals surface area contributed by atoms with Gasteiger partial charge in [0, 0.05) is 5.56 Å². The van der Waals surface area contributed by atoms with Crippen LogP contribution < -0.4 is 4.72 Å². The molecule has 118 valence electrons. The quantitative estimate of drug-likeness (QED) is 0.780. The fourth-order valence-electron chi connectivity index (χ4n) is 3.01. The molecule has 0 unspecified atom stereocenters. The Kier molecular flexibility index (Phi) is 3.25. The third-order valence-corrected chi connectivity index (χ3v) is 5.47. The third-order valence-electron chi connectivity index (χ3n) is 4.05. The monoisotopic (exact) mass is 335 g/mol. The molecular weight excluding hydrogens is 322 g/mol. The van der Waals surface area contributed by atoms with E-state index in [9.17, 15) is 13.2 Å². The fraction of sp³-hybridized carbons (Fsp3) is 0. The van der Waals surface area contributed by atoms with Crippen LogP contribution in [0.15, 0.2) is 77.7 Å². The number of carbonyl (C=O) groups is 1. The molecule has 24 heavy (non-hydrogen) atoms. The maximum absolute atomic E-state index is 12.5. The molecule has 0 saturated carbocycles. The summed E-state index contributed by atoms with van der Waals surface area (Å²) in [5.41, 5.74) is 2.92. The van der Waals surface area contributed by atoms with Gasteiger partial charge in [-0.05, 0) is 16.7 Å². The topological polar surface area (TPSA) is 63.2 Å². The fourth-order valence-corrected chi connectivity index (χ4v) is 4.41. The Hall–Kier alpha value is -2.92. The van der Waals surface area contributed by atoms with Crippen molar-refractivity contribution in [2.45, 2.75) is 4.90 Å². The van der Waals surface area contributed by atoms with E-state index in [4.69, 9.17) is 0 Å². The molecule has 0 fully saturated rings. The van der Waals surface area contributed by atoms with Crippen molar-refractivity contribution < 1.29 is 13.2 Å². The Balaban J connectivity index is 2.07. The van der Waals surface area contributed by atoms with Gasteiger partial charge >= 0.3 is 0 Å². The molecule has 1 amide bonds. The van der Waals surface area contributed by atoms with E-state index < -0.39 is 15.9 Å². The summed E-state index contributed by atoms with van der Waals surface area (Å²) in [6.07, 6.45) is 0. The van der Waals surface area contributed by atoms with Crippen molar-refractivity contribution in [2.24, 2.45) is 0 Å². The van der Waals surface area contributed by atoms with E-state index in [0.29, 0.717) is 11.1 Å². The molecular formula is C19H13NO3S. The average molecular weight is 335 g/mol. The molecule has 1 aliphatic rings. The summed E-state index contributed by atoms with van der Waals surface area (Å²) in [4.78, 5) is 12.4. The Morgan fingerprint density at radius 2 is 1.17 bits per heavy atom. The number of hydrogen-bond acceptors (Lipinski definition) is 3. The summed E-state index contributed by atoms with van der Waals surface area (Å²) in [7, 11) is -3.86. The van der Waals surface area contributed by atoms with Crippen molar-refractivity contribution in [3.05, 3.63) is 78.4 Å². The van der Waals surface area contributed by atoms with Gasteiger partial charge in [-0.2, -0.15) is 0 Å². The molecule has 3 aromatic rings. The second-order valence-corrected chi connectivity index (χ2v) is 7.15. The molecule has 3 aromatic carbocycles. The summed E-state index contributed by atoms with van der Waals surface area (Å²) in [5.74, 6) is -0.582. The highest BCUT2D eigenvalue weighted by Gasteiger charge is 2.37. The van der Waals surface area contributed by atoms with E-state index in [1.165, 1.54) is 0 Å². The molecule has 5 heteroatoms. The van der Waals surface area contributed by atoms with Gasteiger partial charge in [-0.1, -0.05) is 72.8 Å². The summed E-state index contributed by atoms with van der Waals surface area (Å²) < 4.78 is 27.1. The molecule has 0 saturated heterocycles. The number of fused-ring (bicyclic) bond motifs is 1. The van der Waals surface area contributed by atoms with Crippen LogP contribution in [-0.4, -0.2) is 14.3 Å². The van der Waals surface area contributed by atoms with Crippen molar-refractivity contribution in [3.8, 4) is 22.3 Å². The number of sulfonamides is 1. The lowest BCUT2D eigenvalue weighted by Crippen LogP contribution is -2.21. The summed E-state index contributed by atoms with van der Waals surface area (Å²) >= 11 is 0. The van der Waals surface area contributed by atoms with Gasteiger partial charge in [-0.3, -0.25) is 4.79 Å². The highest BCUT2D eigenvalue weighted by Crippen LogP contribution is 2.39. The number of hydrogen-bond donors (Lipinski definition) is 1. The van der Waals surface area contributed by atoms with Crippen molar-refractivity contribution >= 4 is 15.9 Å². The van der Waals surface area contributed by atoms with Gasteiger partial charge in [-0.15, -0.1) is 0 Å². The van der Waals surface area contributed by atoms with Crippen LogP contribution in [0.3, 0.4) is 0 Å². The van der Waals surface area contributed by atoms with Crippen LogP contribution in [0.25, 0.3) is 22.3 Å². The van der Waals surface area contributed by atoms with Crippen LogP contribution in [0.4, 0.5) is 0 Å². The summed E-state index contributed by atoms with van der Waals surface area (Å²) in [6.45, 7) is 0. The molecule has 0 aromatic heterocycles. The SMILES string of the molecule is O=C1NS(=O)(=O)c2c(-c3ccccc3)ccc(-c3ccccc3)c21. The summed E-state index contributed by atoms with van der Waals surface area (Å²) in [6, 6.07) is 22.1. The maximum Gasteiger partial charge on any atom is 0.267 e. The lowest BCUT2D eigenvalue weighted by atomic mass is 9.94. The zero-order valence-electron chi connectivity index (χ0n) is 12.6. The van der Waals surface area contributed by atoms with Crippen LogP contribution >= 0.6 is 0 Å². The number of benzene rings is 3. The van der Waals surface area contributed by atoms with Crippen LogP contribution in [0.2, 0.25) is 0 Å². The number of rotatable bonds is 2. The molecule has 0 radical (unpaired) electrons. The maximum atomic E-state index is 12.5. The highest BCUT2D eigenvalue weighted by molar-refractivity contribution is 7.90. The first kappa shape index (κ1) is 14.7. The molecule has 4 nitrogen and oxygen atoms in total. The lowest BCUT2D eigenvalue weighted by molar-refractivity contribution is 0.0986. The van der Waals surface area contributed by atoms with Gasteiger partial charge in [0.1, 0.15) is 4.90 Å².